The first-order valence-electron chi connectivity index (χ1n) is 10.5. The van der Waals surface area contributed by atoms with Crippen molar-refractivity contribution >= 4 is 22.7 Å². The van der Waals surface area contributed by atoms with Crippen LogP contribution in [0.25, 0.3) is 10.9 Å². The number of allylic oxidation sites excluding steroid dienone is 2. The third-order valence-corrected chi connectivity index (χ3v) is 7.19. The van der Waals surface area contributed by atoms with E-state index in [-0.39, 0.29) is 17.7 Å². The molecule has 2 unspecified atom stereocenters. The molecule has 5 rings (SSSR count). The van der Waals surface area contributed by atoms with Crippen molar-refractivity contribution in [3.63, 3.8) is 0 Å². The van der Waals surface area contributed by atoms with E-state index in [2.05, 4.69) is 53.7 Å². The Labute approximate surface area is 170 Å². The smallest absolute Gasteiger partial charge is 0.237 e. The number of hydrogen-bond acceptors (Lipinski definition) is 3. The first-order chi connectivity index (χ1) is 14.0. The van der Waals surface area contributed by atoms with Crippen molar-refractivity contribution in [2.75, 3.05) is 14.1 Å². The highest BCUT2D eigenvalue weighted by Crippen LogP contribution is 2.44. The van der Waals surface area contributed by atoms with Crippen LogP contribution in [0.2, 0.25) is 0 Å². The Hall–Kier alpha value is -2.66. The fourth-order valence-corrected chi connectivity index (χ4v) is 5.17. The number of amides is 2. The molecule has 1 aromatic heterocycles. The van der Waals surface area contributed by atoms with Crippen LogP contribution < -0.4 is 5.32 Å². The summed E-state index contributed by atoms with van der Waals surface area (Å²) in [7, 11) is 4.30. The molecule has 2 atom stereocenters. The predicted octanol–water partition coefficient (Wildman–Crippen LogP) is 3.29. The molecular formula is C24H27N3O2. The van der Waals surface area contributed by atoms with Gasteiger partial charge in [0.25, 0.3) is 0 Å². The number of nitrogens with zero attached hydrogens (tertiary/aromatic N) is 1. The number of nitrogens with one attached hydrogen (secondary N) is 2. The number of H-pyrrole nitrogens is 1. The molecule has 2 fully saturated rings. The van der Waals surface area contributed by atoms with Crippen molar-refractivity contribution in [3.05, 3.63) is 59.8 Å². The van der Waals surface area contributed by atoms with Gasteiger partial charge in [-0.25, -0.2) is 0 Å². The molecule has 5 heteroatoms. The molecular weight excluding hydrogens is 362 g/mol. The SMILES string of the molecule is CN(C)[C@H]1C[C@H](c2c[nH]c3ccc(CCC45C=CC=CC4C(=O)NC5=O)cc32)C1. The van der Waals surface area contributed by atoms with Gasteiger partial charge in [0.15, 0.2) is 0 Å². The Morgan fingerprint density at radius 1 is 1.17 bits per heavy atom. The second-order valence-electron chi connectivity index (χ2n) is 8.99. The highest BCUT2D eigenvalue weighted by Gasteiger charge is 2.52. The molecule has 29 heavy (non-hydrogen) atoms. The highest BCUT2D eigenvalue weighted by molar-refractivity contribution is 6.09. The number of aryl methyl sites for hydroxylation is 1. The summed E-state index contributed by atoms with van der Waals surface area (Å²) in [5, 5.41) is 3.82. The van der Waals surface area contributed by atoms with Crippen LogP contribution in [0.4, 0.5) is 0 Å². The number of aromatic amines is 1. The summed E-state index contributed by atoms with van der Waals surface area (Å²) in [5.41, 5.74) is 3.05. The lowest BCUT2D eigenvalue weighted by atomic mass is 9.71. The van der Waals surface area contributed by atoms with Gasteiger partial charge in [0.1, 0.15) is 0 Å². The number of rotatable bonds is 5. The largest absolute Gasteiger partial charge is 0.361 e. The number of carbonyl (C=O) groups excluding carboxylic acids is 2. The minimum absolute atomic E-state index is 0.166. The first-order valence-corrected chi connectivity index (χ1v) is 10.5. The van der Waals surface area contributed by atoms with Crippen molar-refractivity contribution < 1.29 is 9.59 Å². The van der Waals surface area contributed by atoms with Crippen LogP contribution in [-0.4, -0.2) is 41.8 Å². The van der Waals surface area contributed by atoms with Gasteiger partial charge in [0.05, 0.1) is 11.3 Å². The Bertz CT molecular complexity index is 1040. The third kappa shape index (κ3) is 2.87. The summed E-state index contributed by atoms with van der Waals surface area (Å²) in [4.78, 5) is 30.5. The predicted molar refractivity (Wildman–Crippen MR) is 113 cm³/mol. The van der Waals surface area contributed by atoms with E-state index in [1.807, 2.05) is 24.3 Å². The van der Waals surface area contributed by atoms with E-state index in [1.165, 1.54) is 34.9 Å². The topological polar surface area (TPSA) is 65.2 Å². The molecule has 2 aliphatic carbocycles. The quantitative estimate of drug-likeness (QED) is 0.772. The summed E-state index contributed by atoms with van der Waals surface area (Å²) >= 11 is 0. The van der Waals surface area contributed by atoms with Crippen LogP contribution in [0, 0.1) is 11.3 Å². The molecule has 3 aliphatic rings. The average Bonchev–Trinajstić information content (AvgIpc) is 3.18. The molecule has 0 spiro atoms. The molecule has 5 nitrogen and oxygen atoms in total. The van der Waals surface area contributed by atoms with E-state index in [0.717, 1.165) is 6.42 Å². The number of aromatic nitrogens is 1. The second-order valence-corrected chi connectivity index (χ2v) is 8.99. The van der Waals surface area contributed by atoms with Crippen molar-refractivity contribution in [3.8, 4) is 0 Å². The van der Waals surface area contributed by atoms with Crippen LogP contribution in [0.3, 0.4) is 0 Å². The standard InChI is InChI=1S/C24H27N3O2/c1-27(2)17-12-16(13-17)19-14-25-21-7-6-15(11-18(19)21)8-10-24-9-4-3-5-20(24)22(28)26-23(24)29/h3-7,9,11,14,16-17,20,25H,8,10,12-13H2,1-2H3,(H,26,28,29)/t16-,17-,20?,24?. The first kappa shape index (κ1) is 18.4. The van der Waals surface area contributed by atoms with Crippen molar-refractivity contribution in [2.24, 2.45) is 11.3 Å². The van der Waals surface area contributed by atoms with Gasteiger partial charge in [-0.2, -0.15) is 0 Å². The molecule has 1 aliphatic heterocycles. The minimum atomic E-state index is -0.741. The monoisotopic (exact) mass is 389 g/mol. The summed E-state index contributed by atoms with van der Waals surface area (Å²) < 4.78 is 0. The number of fused-ring (bicyclic) bond motifs is 2. The third-order valence-electron chi connectivity index (χ3n) is 7.19. The van der Waals surface area contributed by atoms with Gasteiger partial charge in [-0.3, -0.25) is 14.9 Å². The molecule has 2 N–H and O–H groups in total. The van der Waals surface area contributed by atoms with E-state index >= 15 is 0 Å². The van der Waals surface area contributed by atoms with Crippen LogP contribution >= 0.6 is 0 Å². The van der Waals surface area contributed by atoms with Gasteiger partial charge in [-0.15, -0.1) is 0 Å². The Morgan fingerprint density at radius 3 is 2.79 bits per heavy atom. The fourth-order valence-electron chi connectivity index (χ4n) is 5.17. The van der Waals surface area contributed by atoms with Gasteiger partial charge in [0.2, 0.25) is 11.8 Å². The summed E-state index contributed by atoms with van der Waals surface area (Å²) in [6.07, 6.45) is 13.5. The number of hydrogen-bond donors (Lipinski definition) is 2. The Kier molecular flexibility index (Phi) is 4.24. The maximum absolute atomic E-state index is 12.6. The highest BCUT2D eigenvalue weighted by atomic mass is 16.2. The Morgan fingerprint density at radius 2 is 2.00 bits per heavy atom. The zero-order chi connectivity index (χ0) is 20.2. The fraction of sp³-hybridized carbons (Fsp3) is 0.417. The van der Waals surface area contributed by atoms with Gasteiger partial charge in [0, 0.05) is 23.1 Å². The number of imide groups is 1. The second kappa shape index (κ2) is 6.70. The Balaban J connectivity index is 1.37. The van der Waals surface area contributed by atoms with E-state index in [1.54, 1.807) is 0 Å². The molecule has 1 aromatic carbocycles. The molecule has 150 valence electrons. The zero-order valence-corrected chi connectivity index (χ0v) is 16.9. The lowest BCUT2D eigenvalue weighted by Gasteiger charge is -2.39. The summed E-state index contributed by atoms with van der Waals surface area (Å²) in [6.45, 7) is 0. The molecule has 2 aromatic rings. The van der Waals surface area contributed by atoms with Crippen LogP contribution in [-0.2, 0) is 16.0 Å². The van der Waals surface area contributed by atoms with Gasteiger partial charge < -0.3 is 9.88 Å². The van der Waals surface area contributed by atoms with Crippen LogP contribution in [0.15, 0.2) is 48.7 Å². The van der Waals surface area contributed by atoms with Gasteiger partial charge >= 0.3 is 0 Å². The average molecular weight is 389 g/mol. The molecule has 1 saturated carbocycles. The maximum Gasteiger partial charge on any atom is 0.237 e. The van der Waals surface area contributed by atoms with Crippen LogP contribution in [0.5, 0.6) is 0 Å². The number of benzene rings is 1. The van der Waals surface area contributed by atoms with Gasteiger partial charge in [-0.1, -0.05) is 30.4 Å². The van der Waals surface area contributed by atoms with Crippen molar-refractivity contribution in [2.45, 2.75) is 37.6 Å². The maximum atomic E-state index is 12.6. The zero-order valence-electron chi connectivity index (χ0n) is 16.9. The van der Waals surface area contributed by atoms with Crippen molar-refractivity contribution in [1.82, 2.24) is 15.2 Å². The van der Waals surface area contributed by atoms with E-state index in [0.29, 0.717) is 18.4 Å². The van der Waals surface area contributed by atoms with Crippen LogP contribution in [0.1, 0.15) is 36.3 Å². The molecule has 1 saturated heterocycles. The van der Waals surface area contributed by atoms with E-state index < -0.39 is 5.41 Å². The van der Waals surface area contributed by atoms with E-state index in [9.17, 15) is 9.59 Å². The van der Waals surface area contributed by atoms with E-state index in [4.69, 9.17) is 0 Å². The minimum Gasteiger partial charge on any atom is -0.361 e. The van der Waals surface area contributed by atoms with Gasteiger partial charge in [-0.05, 0) is 69.0 Å². The summed E-state index contributed by atoms with van der Waals surface area (Å²) in [5.74, 6) is -0.122. The molecule has 2 heterocycles. The normalized spacial score (nSPS) is 30.7. The molecule has 0 radical (unpaired) electrons. The number of carbonyl (C=O) groups is 2. The molecule has 2 amide bonds. The van der Waals surface area contributed by atoms with Crippen molar-refractivity contribution in [1.29, 1.82) is 0 Å². The summed E-state index contributed by atoms with van der Waals surface area (Å²) in [6, 6.07) is 7.22. The lowest BCUT2D eigenvalue weighted by Crippen LogP contribution is -2.39. The molecule has 0 bridgehead atoms. The lowest BCUT2D eigenvalue weighted by molar-refractivity contribution is -0.127.